The third-order valence-corrected chi connectivity index (χ3v) is 6.60. The molecular formula is C11H24O4S2. The van der Waals surface area contributed by atoms with E-state index in [1.807, 2.05) is 13.8 Å². The number of unbranched alkanes of at least 4 members (excludes halogenated alkanes) is 1. The fourth-order valence-electron chi connectivity index (χ4n) is 1.44. The molecule has 104 valence electrons. The number of hydrogen-bond donors (Lipinski definition) is 1. The lowest BCUT2D eigenvalue weighted by Gasteiger charge is -2.16. The maximum Gasteiger partial charge on any atom is 0.155 e. The average molecular weight is 284 g/mol. The minimum absolute atomic E-state index is 0.129. The summed E-state index contributed by atoms with van der Waals surface area (Å²) in [6.07, 6.45) is 1.84. The zero-order valence-corrected chi connectivity index (χ0v) is 12.7. The molecule has 0 aromatic rings. The monoisotopic (exact) mass is 284 g/mol. The Morgan fingerprint density at radius 3 is 2.06 bits per heavy atom. The second-order valence-electron chi connectivity index (χ2n) is 4.90. The molecule has 0 aromatic heterocycles. The lowest BCUT2D eigenvalue weighted by molar-refractivity contribution is 0.535. The van der Waals surface area contributed by atoms with Gasteiger partial charge in [-0.15, -0.1) is 0 Å². The molecule has 6 heteroatoms. The summed E-state index contributed by atoms with van der Waals surface area (Å²) in [6, 6.07) is 0. The molecule has 0 saturated carbocycles. The molecular weight excluding hydrogens is 260 g/mol. The topological polar surface area (TPSA) is 71.4 Å². The van der Waals surface area contributed by atoms with Crippen molar-refractivity contribution >= 4 is 20.9 Å². The van der Waals surface area contributed by atoms with Crippen molar-refractivity contribution in [2.75, 3.05) is 5.75 Å². The van der Waals surface area contributed by atoms with Crippen LogP contribution in [0, 0.1) is 5.92 Å². The van der Waals surface area contributed by atoms with Crippen molar-refractivity contribution in [2.24, 2.45) is 5.92 Å². The van der Waals surface area contributed by atoms with Crippen LogP contribution in [0.4, 0.5) is 0 Å². The van der Waals surface area contributed by atoms with Gasteiger partial charge in [0.05, 0.1) is 16.3 Å². The van der Waals surface area contributed by atoms with Gasteiger partial charge in [0, 0.05) is 0 Å². The van der Waals surface area contributed by atoms with E-state index in [1.165, 1.54) is 0 Å². The summed E-state index contributed by atoms with van der Waals surface area (Å²) in [5, 5.41) is -0.591. The highest BCUT2D eigenvalue weighted by atomic mass is 32.2. The highest BCUT2D eigenvalue weighted by Gasteiger charge is 2.23. The first-order valence-electron chi connectivity index (χ1n) is 5.99. The van der Waals surface area contributed by atoms with Gasteiger partial charge in [-0.05, 0) is 32.6 Å². The smallest absolute Gasteiger partial charge is 0.155 e. The largest absolute Gasteiger partial charge is 0.306 e. The van der Waals surface area contributed by atoms with Crippen molar-refractivity contribution in [3.63, 3.8) is 0 Å². The highest BCUT2D eigenvalue weighted by molar-refractivity contribution is 7.92. The quantitative estimate of drug-likeness (QED) is 0.548. The van der Waals surface area contributed by atoms with Crippen LogP contribution in [0.5, 0.6) is 0 Å². The number of rotatable bonds is 8. The van der Waals surface area contributed by atoms with Gasteiger partial charge in [-0.25, -0.2) is 12.6 Å². The molecule has 0 amide bonds. The van der Waals surface area contributed by atoms with Crippen molar-refractivity contribution < 1.29 is 17.2 Å². The van der Waals surface area contributed by atoms with Gasteiger partial charge < -0.3 is 4.55 Å². The SMILES string of the molecule is CC(C)C(C)S(=O)(=O)CCCCC(C)S(=O)O. The van der Waals surface area contributed by atoms with Crippen LogP contribution < -0.4 is 0 Å². The molecule has 3 atom stereocenters. The minimum atomic E-state index is -3.02. The van der Waals surface area contributed by atoms with E-state index >= 15 is 0 Å². The first-order chi connectivity index (χ1) is 7.68. The van der Waals surface area contributed by atoms with Crippen LogP contribution in [0.15, 0.2) is 0 Å². The van der Waals surface area contributed by atoms with Crippen LogP contribution in [-0.4, -0.2) is 33.4 Å². The fraction of sp³-hybridized carbons (Fsp3) is 1.00. The molecule has 0 aliphatic carbocycles. The molecule has 17 heavy (non-hydrogen) atoms. The Bertz CT molecular complexity index is 335. The van der Waals surface area contributed by atoms with Crippen molar-refractivity contribution in [1.82, 2.24) is 0 Å². The zero-order valence-electron chi connectivity index (χ0n) is 11.0. The lowest BCUT2D eigenvalue weighted by Crippen LogP contribution is -2.26. The summed E-state index contributed by atoms with van der Waals surface area (Å²) >= 11 is -1.80. The molecule has 0 rings (SSSR count). The molecule has 0 bridgehead atoms. The van der Waals surface area contributed by atoms with E-state index in [4.69, 9.17) is 4.55 Å². The van der Waals surface area contributed by atoms with Crippen molar-refractivity contribution in [2.45, 2.75) is 57.5 Å². The van der Waals surface area contributed by atoms with Gasteiger partial charge in [0.15, 0.2) is 20.9 Å². The van der Waals surface area contributed by atoms with E-state index in [9.17, 15) is 12.6 Å². The summed E-state index contributed by atoms with van der Waals surface area (Å²) in [6.45, 7) is 7.24. The Morgan fingerprint density at radius 1 is 1.12 bits per heavy atom. The summed E-state index contributed by atoms with van der Waals surface area (Å²) in [7, 11) is -3.02. The Labute approximate surface area is 107 Å². The van der Waals surface area contributed by atoms with Crippen LogP contribution in [0.3, 0.4) is 0 Å². The molecule has 0 heterocycles. The predicted octanol–water partition coefficient (Wildman–Crippen LogP) is 2.23. The first-order valence-corrected chi connectivity index (χ1v) is 8.88. The molecule has 0 fully saturated rings. The van der Waals surface area contributed by atoms with Gasteiger partial charge in [0.2, 0.25) is 0 Å². The zero-order chi connectivity index (χ0) is 13.6. The van der Waals surface area contributed by atoms with Crippen LogP contribution >= 0.6 is 0 Å². The number of sulfone groups is 1. The van der Waals surface area contributed by atoms with E-state index < -0.39 is 20.9 Å². The van der Waals surface area contributed by atoms with E-state index in [-0.39, 0.29) is 22.2 Å². The van der Waals surface area contributed by atoms with Gasteiger partial charge in [-0.1, -0.05) is 20.3 Å². The van der Waals surface area contributed by atoms with E-state index in [2.05, 4.69) is 0 Å². The summed E-state index contributed by atoms with van der Waals surface area (Å²) in [5.74, 6) is 0.306. The normalized spacial score (nSPS) is 18.0. The van der Waals surface area contributed by atoms with Gasteiger partial charge in [-0.3, -0.25) is 0 Å². The molecule has 0 radical (unpaired) electrons. The van der Waals surface area contributed by atoms with Crippen LogP contribution in [0.25, 0.3) is 0 Å². The minimum Gasteiger partial charge on any atom is -0.306 e. The standard InChI is InChI=1S/C11H24O4S2/c1-9(2)11(4)17(14,15)8-6-5-7-10(3)16(12)13/h9-11H,5-8H2,1-4H3,(H,12,13). The molecule has 4 nitrogen and oxygen atoms in total. The second kappa shape index (κ2) is 7.48. The predicted molar refractivity (Wildman–Crippen MR) is 72.2 cm³/mol. The van der Waals surface area contributed by atoms with E-state index in [1.54, 1.807) is 13.8 Å². The Morgan fingerprint density at radius 2 is 1.65 bits per heavy atom. The molecule has 0 aliphatic rings. The Kier molecular flexibility index (Phi) is 7.51. The first kappa shape index (κ1) is 17.1. The molecule has 0 saturated heterocycles. The van der Waals surface area contributed by atoms with Gasteiger partial charge in [0.1, 0.15) is 0 Å². The summed E-state index contributed by atoms with van der Waals surface area (Å²) in [5.41, 5.74) is 0. The highest BCUT2D eigenvalue weighted by Crippen LogP contribution is 2.15. The molecule has 0 aliphatic heterocycles. The number of hydrogen-bond acceptors (Lipinski definition) is 3. The average Bonchev–Trinajstić information content (AvgIpc) is 2.22. The second-order valence-corrected chi connectivity index (χ2v) is 8.73. The van der Waals surface area contributed by atoms with Crippen LogP contribution in [0.2, 0.25) is 0 Å². The van der Waals surface area contributed by atoms with E-state index in [0.29, 0.717) is 19.3 Å². The van der Waals surface area contributed by atoms with Gasteiger partial charge in [0.25, 0.3) is 0 Å². The van der Waals surface area contributed by atoms with E-state index in [0.717, 1.165) is 0 Å². The summed E-state index contributed by atoms with van der Waals surface area (Å²) in [4.78, 5) is 0. The van der Waals surface area contributed by atoms with Crippen molar-refractivity contribution in [1.29, 1.82) is 0 Å². The van der Waals surface area contributed by atoms with Crippen molar-refractivity contribution in [3.05, 3.63) is 0 Å². The maximum atomic E-state index is 11.8. The van der Waals surface area contributed by atoms with Gasteiger partial charge in [-0.2, -0.15) is 0 Å². The molecule has 0 spiro atoms. The maximum absolute atomic E-state index is 11.8. The molecule has 1 N–H and O–H groups in total. The molecule has 3 unspecified atom stereocenters. The van der Waals surface area contributed by atoms with Crippen LogP contribution in [0.1, 0.15) is 47.0 Å². The summed E-state index contributed by atoms with van der Waals surface area (Å²) < 4.78 is 43.2. The van der Waals surface area contributed by atoms with Crippen LogP contribution in [-0.2, 0) is 20.9 Å². The van der Waals surface area contributed by atoms with Crippen molar-refractivity contribution in [3.8, 4) is 0 Å². The Balaban J connectivity index is 4.01. The van der Waals surface area contributed by atoms with Gasteiger partial charge >= 0.3 is 0 Å². The molecule has 0 aromatic carbocycles. The Hall–Kier alpha value is 0.0600. The third-order valence-electron chi connectivity index (χ3n) is 3.14. The third kappa shape index (κ3) is 6.52. The fourth-order valence-corrected chi connectivity index (χ4v) is 3.61. The lowest BCUT2D eigenvalue weighted by atomic mass is 10.2.